The van der Waals surface area contributed by atoms with E-state index in [-0.39, 0.29) is 34.8 Å². The minimum atomic E-state index is -3.34. The van der Waals surface area contributed by atoms with Gasteiger partial charge in [0.25, 0.3) is 5.69 Å². The van der Waals surface area contributed by atoms with Crippen LogP contribution in [-0.2, 0) is 26.5 Å². The van der Waals surface area contributed by atoms with E-state index in [0.29, 0.717) is 35.7 Å². The van der Waals surface area contributed by atoms with Crippen LogP contribution in [0.2, 0.25) is 0 Å². The zero-order chi connectivity index (χ0) is 27.9. The molecule has 0 spiro atoms. The summed E-state index contributed by atoms with van der Waals surface area (Å²) in [5.74, 6) is 1.00. The van der Waals surface area contributed by atoms with Gasteiger partial charge in [0, 0.05) is 24.1 Å². The Kier molecular flexibility index (Phi) is 6.83. The van der Waals surface area contributed by atoms with Gasteiger partial charge in [-0.2, -0.15) is 5.10 Å². The van der Waals surface area contributed by atoms with Gasteiger partial charge in [-0.15, -0.1) is 0 Å². The summed E-state index contributed by atoms with van der Waals surface area (Å²) in [5, 5.41) is 19.0. The number of fused-ring (bicyclic) bond motifs is 1. The second-order valence-electron chi connectivity index (χ2n) is 10.9. The van der Waals surface area contributed by atoms with Crippen molar-refractivity contribution >= 4 is 33.2 Å². The Bertz CT molecular complexity index is 1520. The first-order valence-corrected chi connectivity index (χ1v) is 14.4. The molecule has 39 heavy (non-hydrogen) atoms. The first-order chi connectivity index (χ1) is 18.4. The fraction of sp³-hybridized carbons (Fsp3) is 0.407. The molecule has 1 aliphatic heterocycles. The number of nitro benzene ring substituents is 1. The number of carbonyl (C=O) groups is 1. The van der Waals surface area contributed by atoms with Gasteiger partial charge in [-0.25, -0.2) is 17.9 Å². The van der Waals surface area contributed by atoms with Crippen molar-refractivity contribution < 1.29 is 27.6 Å². The van der Waals surface area contributed by atoms with Crippen LogP contribution in [0.4, 0.5) is 22.0 Å². The van der Waals surface area contributed by atoms with Gasteiger partial charge in [-0.3, -0.25) is 10.1 Å². The Morgan fingerprint density at radius 1 is 1.15 bits per heavy atom. The summed E-state index contributed by atoms with van der Waals surface area (Å²) in [6.45, 7) is 6.07. The van der Waals surface area contributed by atoms with Gasteiger partial charge < -0.3 is 14.8 Å². The monoisotopic (exact) mass is 554 g/mol. The van der Waals surface area contributed by atoms with Gasteiger partial charge in [0.05, 0.1) is 32.5 Å². The highest BCUT2D eigenvalue weighted by Crippen LogP contribution is 2.39. The average molecular weight is 555 g/mol. The molecule has 11 nitrogen and oxygen atoms in total. The number of aryl methyl sites for hydroxylation is 1. The number of carbonyl (C=O) groups excluding carboxylic acids is 1. The molecule has 1 aromatic heterocycles. The summed E-state index contributed by atoms with van der Waals surface area (Å²) in [6.07, 6.45) is 1.23. The maximum atomic E-state index is 12.7. The number of non-ortho nitro benzene ring substituents is 1. The van der Waals surface area contributed by atoms with Gasteiger partial charge in [0.1, 0.15) is 17.7 Å². The minimum absolute atomic E-state index is 0.0385. The molecule has 206 valence electrons. The van der Waals surface area contributed by atoms with Gasteiger partial charge in [0.15, 0.2) is 9.84 Å². The lowest BCUT2D eigenvalue weighted by Gasteiger charge is -2.23. The molecule has 0 bridgehead atoms. The summed E-state index contributed by atoms with van der Waals surface area (Å²) in [6, 6.07) is 12.6. The van der Waals surface area contributed by atoms with Crippen LogP contribution >= 0.6 is 0 Å². The van der Waals surface area contributed by atoms with Gasteiger partial charge in [-0.1, -0.05) is 12.1 Å². The van der Waals surface area contributed by atoms with Gasteiger partial charge in [0.2, 0.25) is 0 Å². The summed E-state index contributed by atoms with van der Waals surface area (Å²) in [5.41, 5.74) is 1.72. The molecule has 12 heteroatoms. The van der Waals surface area contributed by atoms with Crippen LogP contribution in [0.3, 0.4) is 0 Å². The van der Waals surface area contributed by atoms with Gasteiger partial charge in [-0.05, 0) is 70.2 Å². The normalized spacial score (nSPS) is 19.9. The number of ether oxygens (including phenoxy) is 2. The molecule has 2 aromatic carbocycles. The zero-order valence-corrected chi connectivity index (χ0v) is 22.7. The number of aromatic nitrogens is 2. The molecule has 1 saturated carbocycles. The quantitative estimate of drug-likeness (QED) is 0.181. The number of hydrogen-bond donors (Lipinski definition) is 1. The van der Waals surface area contributed by atoms with E-state index in [2.05, 4.69) is 5.32 Å². The Morgan fingerprint density at radius 2 is 1.90 bits per heavy atom. The molecular weight excluding hydrogens is 524 g/mol. The molecular formula is C27H30N4O7S. The number of rotatable bonds is 6. The van der Waals surface area contributed by atoms with Crippen LogP contribution in [0, 0.1) is 10.1 Å². The molecule has 1 N–H and O–H groups in total. The SMILES string of the molecule is CC(C)(C)n1nc([C@H]2CC[C@@H](OC(=O)Oc3ccc([N+](=O)[O-])cc3)C2)cc1Nc1cccc2c1S(=O)(=O)CC2. The third-order valence-electron chi connectivity index (χ3n) is 6.99. The lowest BCUT2D eigenvalue weighted by Crippen LogP contribution is -2.25. The van der Waals surface area contributed by atoms with Crippen molar-refractivity contribution in [2.75, 3.05) is 11.1 Å². The molecule has 2 heterocycles. The number of nitrogens with zero attached hydrogens (tertiary/aromatic N) is 3. The van der Waals surface area contributed by atoms with Crippen molar-refractivity contribution in [1.29, 1.82) is 0 Å². The predicted molar refractivity (Wildman–Crippen MR) is 143 cm³/mol. The number of nitrogens with one attached hydrogen (secondary N) is 1. The number of hydrogen-bond acceptors (Lipinski definition) is 9. The molecule has 0 radical (unpaired) electrons. The van der Waals surface area contributed by atoms with E-state index in [1.165, 1.54) is 24.3 Å². The molecule has 2 atom stereocenters. The highest BCUT2D eigenvalue weighted by Gasteiger charge is 2.34. The Balaban J connectivity index is 1.29. The lowest BCUT2D eigenvalue weighted by atomic mass is 10.0. The van der Waals surface area contributed by atoms with E-state index in [0.717, 1.165) is 17.7 Å². The second kappa shape index (κ2) is 9.99. The molecule has 1 fully saturated rings. The summed E-state index contributed by atoms with van der Waals surface area (Å²) in [7, 11) is -3.34. The minimum Gasteiger partial charge on any atom is -0.431 e. The zero-order valence-electron chi connectivity index (χ0n) is 21.9. The van der Waals surface area contributed by atoms with Gasteiger partial charge >= 0.3 is 6.16 Å². The largest absolute Gasteiger partial charge is 0.514 e. The number of nitro groups is 1. The van der Waals surface area contributed by atoms with E-state index in [1.807, 2.05) is 43.7 Å². The first kappa shape index (κ1) is 26.7. The Morgan fingerprint density at radius 3 is 2.59 bits per heavy atom. The number of sulfone groups is 1. The summed E-state index contributed by atoms with van der Waals surface area (Å²) < 4.78 is 37.9. The van der Waals surface area contributed by atoms with Crippen molar-refractivity contribution in [1.82, 2.24) is 9.78 Å². The van der Waals surface area contributed by atoms with E-state index in [4.69, 9.17) is 14.6 Å². The molecule has 1 aliphatic carbocycles. The molecule has 0 saturated heterocycles. The van der Waals surface area contributed by atoms with E-state index in [9.17, 15) is 23.3 Å². The van der Waals surface area contributed by atoms with E-state index >= 15 is 0 Å². The van der Waals surface area contributed by atoms with Crippen LogP contribution in [0.15, 0.2) is 53.4 Å². The van der Waals surface area contributed by atoms with Crippen LogP contribution in [0.1, 0.15) is 57.2 Å². The Hall–Kier alpha value is -3.93. The second-order valence-corrected chi connectivity index (χ2v) is 12.9. The topological polar surface area (TPSA) is 143 Å². The van der Waals surface area contributed by atoms with Crippen molar-refractivity contribution in [3.8, 4) is 5.75 Å². The van der Waals surface area contributed by atoms with Crippen molar-refractivity contribution in [3.05, 3.63) is 69.9 Å². The summed E-state index contributed by atoms with van der Waals surface area (Å²) in [4.78, 5) is 22.9. The smallest absolute Gasteiger partial charge is 0.431 e. The van der Waals surface area contributed by atoms with Crippen molar-refractivity contribution in [3.63, 3.8) is 0 Å². The highest BCUT2D eigenvalue weighted by molar-refractivity contribution is 7.91. The third-order valence-corrected chi connectivity index (χ3v) is 8.83. The number of anilines is 2. The van der Waals surface area contributed by atoms with Crippen molar-refractivity contribution in [2.45, 2.75) is 68.9 Å². The number of benzene rings is 2. The van der Waals surface area contributed by atoms with E-state index in [1.54, 1.807) is 6.07 Å². The third kappa shape index (κ3) is 5.60. The molecule has 3 aromatic rings. The molecule has 5 rings (SSSR count). The predicted octanol–water partition coefficient (Wildman–Crippen LogP) is 5.47. The fourth-order valence-electron chi connectivity index (χ4n) is 5.14. The van der Waals surface area contributed by atoms with Crippen LogP contribution in [0.5, 0.6) is 5.75 Å². The van der Waals surface area contributed by atoms with Crippen LogP contribution < -0.4 is 10.1 Å². The molecule has 2 aliphatic rings. The fourth-order valence-corrected chi connectivity index (χ4v) is 6.86. The standard InChI is InChI=1S/C27H30N4O7S/c1-27(2,3)30-24(28-22-6-4-5-17-13-14-39(35,36)25(17)22)16-23(29-30)18-7-10-21(15-18)38-26(32)37-20-11-8-19(9-12-20)31(33)34/h4-6,8-9,11-12,16,18,21,28H,7,10,13-15H2,1-3H3/t18-,21+/m0/s1. The highest BCUT2D eigenvalue weighted by atomic mass is 32.2. The van der Waals surface area contributed by atoms with Crippen LogP contribution in [0.25, 0.3) is 0 Å². The maximum absolute atomic E-state index is 12.7. The average Bonchev–Trinajstić information content (AvgIpc) is 3.57. The molecule has 0 unspecified atom stereocenters. The van der Waals surface area contributed by atoms with E-state index < -0.39 is 20.9 Å². The van der Waals surface area contributed by atoms with Crippen LogP contribution in [-0.4, -0.2) is 41.1 Å². The first-order valence-electron chi connectivity index (χ1n) is 12.8. The Labute approximate surface area is 226 Å². The lowest BCUT2D eigenvalue weighted by molar-refractivity contribution is -0.384. The molecule has 0 amide bonds. The maximum Gasteiger partial charge on any atom is 0.514 e. The van der Waals surface area contributed by atoms with Crippen molar-refractivity contribution in [2.24, 2.45) is 0 Å². The summed E-state index contributed by atoms with van der Waals surface area (Å²) >= 11 is 0.